The van der Waals surface area contributed by atoms with Crippen molar-refractivity contribution in [1.29, 1.82) is 0 Å². The number of benzene rings is 1. The number of amides is 1. The molecule has 1 heterocycles. The summed E-state index contributed by atoms with van der Waals surface area (Å²) in [6.07, 6.45) is 6.35. The van der Waals surface area contributed by atoms with Crippen molar-refractivity contribution >= 4 is 11.6 Å². The van der Waals surface area contributed by atoms with E-state index < -0.39 is 0 Å². The van der Waals surface area contributed by atoms with Gasteiger partial charge in [-0.1, -0.05) is 37.0 Å². The largest absolute Gasteiger partial charge is 0.325 e. The number of piperazine rings is 1. The summed E-state index contributed by atoms with van der Waals surface area (Å²) in [5, 5.41) is 6.65. The van der Waals surface area contributed by atoms with Crippen LogP contribution in [0.25, 0.3) is 0 Å². The van der Waals surface area contributed by atoms with Crippen LogP contribution < -0.4 is 10.6 Å². The highest BCUT2D eigenvalue weighted by atomic mass is 16.2. The molecule has 1 aromatic carbocycles. The highest BCUT2D eigenvalue weighted by molar-refractivity contribution is 5.93. The highest BCUT2D eigenvalue weighted by Crippen LogP contribution is 2.34. The van der Waals surface area contributed by atoms with Crippen LogP contribution >= 0.6 is 0 Å². The molecule has 23 heavy (non-hydrogen) atoms. The summed E-state index contributed by atoms with van der Waals surface area (Å²) in [5.41, 5.74) is 3.50. The number of carbonyl (C=O) groups excluding carboxylic acids is 1. The summed E-state index contributed by atoms with van der Waals surface area (Å²) in [6, 6.07) is 6.18. The second-order valence-corrected chi connectivity index (χ2v) is 7.25. The van der Waals surface area contributed by atoms with Gasteiger partial charge in [-0.15, -0.1) is 0 Å². The summed E-state index contributed by atoms with van der Waals surface area (Å²) in [5.74, 6) is 0.115. The zero-order valence-corrected chi connectivity index (χ0v) is 14.5. The molecule has 0 atom stereocenters. The normalized spacial score (nSPS) is 21.3. The van der Waals surface area contributed by atoms with Gasteiger partial charge < -0.3 is 10.6 Å². The lowest BCUT2D eigenvalue weighted by Gasteiger charge is -2.49. The maximum atomic E-state index is 12.6. The zero-order valence-electron chi connectivity index (χ0n) is 14.5. The van der Waals surface area contributed by atoms with Gasteiger partial charge in [-0.05, 0) is 38.3 Å². The Morgan fingerprint density at radius 2 is 2.04 bits per heavy atom. The summed E-state index contributed by atoms with van der Waals surface area (Å²) >= 11 is 0. The minimum Gasteiger partial charge on any atom is -0.325 e. The van der Waals surface area contributed by atoms with Gasteiger partial charge >= 0.3 is 0 Å². The SMILES string of the molecule is Cc1ccc(NC(=O)CN2CCNCC23CCCCC3)c(C)c1. The van der Waals surface area contributed by atoms with Crippen LogP contribution in [0, 0.1) is 13.8 Å². The Hall–Kier alpha value is -1.39. The van der Waals surface area contributed by atoms with E-state index in [1.54, 1.807) is 0 Å². The molecule has 2 aliphatic rings. The van der Waals surface area contributed by atoms with Crippen molar-refractivity contribution in [2.24, 2.45) is 0 Å². The monoisotopic (exact) mass is 315 g/mol. The van der Waals surface area contributed by atoms with Crippen LogP contribution in [0.4, 0.5) is 5.69 Å². The van der Waals surface area contributed by atoms with Crippen LogP contribution in [0.2, 0.25) is 0 Å². The lowest BCUT2D eigenvalue weighted by molar-refractivity contribution is -0.120. The van der Waals surface area contributed by atoms with E-state index in [-0.39, 0.29) is 11.4 Å². The molecule has 0 radical (unpaired) electrons. The third-order valence-electron chi connectivity index (χ3n) is 5.46. The van der Waals surface area contributed by atoms with Gasteiger partial charge in [0.2, 0.25) is 5.91 Å². The van der Waals surface area contributed by atoms with Gasteiger partial charge in [0, 0.05) is 30.9 Å². The van der Waals surface area contributed by atoms with Crippen LogP contribution in [-0.4, -0.2) is 42.5 Å². The van der Waals surface area contributed by atoms with E-state index in [0.29, 0.717) is 6.54 Å². The van der Waals surface area contributed by atoms with Gasteiger partial charge in [0.25, 0.3) is 0 Å². The molecule has 1 aliphatic heterocycles. The standard InChI is InChI=1S/C19H29N3O/c1-15-6-7-17(16(2)12-15)21-18(23)13-22-11-10-20-14-19(22)8-4-3-5-9-19/h6-7,12,20H,3-5,8-11,13-14H2,1-2H3,(H,21,23). The molecule has 0 unspecified atom stereocenters. The number of anilines is 1. The van der Waals surface area contributed by atoms with E-state index in [4.69, 9.17) is 0 Å². The summed E-state index contributed by atoms with van der Waals surface area (Å²) in [4.78, 5) is 15.0. The molecule has 4 heteroatoms. The van der Waals surface area contributed by atoms with Crippen molar-refractivity contribution in [1.82, 2.24) is 10.2 Å². The fourth-order valence-electron chi connectivity index (χ4n) is 4.15. The number of hydrogen-bond donors (Lipinski definition) is 2. The molecule has 1 saturated heterocycles. The maximum absolute atomic E-state index is 12.6. The number of rotatable bonds is 3. The first-order valence-corrected chi connectivity index (χ1v) is 8.92. The Morgan fingerprint density at radius 3 is 2.78 bits per heavy atom. The van der Waals surface area contributed by atoms with E-state index in [2.05, 4.69) is 41.5 Å². The molecule has 1 aromatic rings. The second-order valence-electron chi connectivity index (χ2n) is 7.25. The fourth-order valence-corrected chi connectivity index (χ4v) is 4.15. The third kappa shape index (κ3) is 3.75. The molecule has 3 rings (SSSR count). The molecule has 1 amide bonds. The Labute approximate surface area is 139 Å². The van der Waals surface area contributed by atoms with Crippen molar-refractivity contribution in [2.45, 2.75) is 51.5 Å². The van der Waals surface area contributed by atoms with E-state index in [0.717, 1.165) is 30.9 Å². The summed E-state index contributed by atoms with van der Waals surface area (Å²) < 4.78 is 0. The Morgan fingerprint density at radius 1 is 1.26 bits per heavy atom. The number of nitrogens with one attached hydrogen (secondary N) is 2. The van der Waals surface area contributed by atoms with E-state index >= 15 is 0 Å². The van der Waals surface area contributed by atoms with Gasteiger partial charge in [0.05, 0.1) is 6.54 Å². The van der Waals surface area contributed by atoms with Crippen molar-refractivity contribution in [3.8, 4) is 0 Å². The molecular weight excluding hydrogens is 286 g/mol. The van der Waals surface area contributed by atoms with Gasteiger partial charge in [0.15, 0.2) is 0 Å². The van der Waals surface area contributed by atoms with Crippen LogP contribution in [-0.2, 0) is 4.79 Å². The summed E-state index contributed by atoms with van der Waals surface area (Å²) in [7, 11) is 0. The average Bonchev–Trinajstić information content (AvgIpc) is 2.53. The maximum Gasteiger partial charge on any atom is 0.238 e. The molecule has 1 spiro atoms. The van der Waals surface area contributed by atoms with Crippen molar-refractivity contribution in [3.05, 3.63) is 29.3 Å². The topological polar surface area (TPSA) is 44.4 Å². The first-order valence-electron chi connectivity index (χ1n) is 8.92. The van der Waals surface area contributed by atoms with Crippen LogP contribution in [0.15, 0.2) is 18.2 Å². The minimum atomic E-state index is 0.115. The molecule has 0 bridgehead atoms. The summed E-state index contributed by atoms with van der Waals surface area (Å²) in [6.45, 7) is 7.62. The molecule has 2 N–H and O–H groups in total. The number of nitrogens with zero attached hydrogens (tertiary/aromatic N) is 1. The highest BCUT2D eigenvalue weighted by Gasteiger charge is 2.40. The first-order chi connectivity index (χ1) is 11.1. The van der Waals surface area contributed by atoms with Crippen molar-refractivity contribution in [3.63, 3.8) is 0 Å². The van der Waals surface area contributed by atoms with Crippen LogP contribution in [0.5, 0.6) is 0 Å². The molecule has 126 valence electrons. The van der Waals surface area contributed by atoms with E-state index in [1.165, 1.54) is 37.7 Å². The molecule has 2 fully saturated rings. The number of hydrogen-bond acceptors (Lipinski definition) is 3. The molecule has 4 nitrogen and oxygen atoms in total. The predicted molar refractivity (Wildman–Crippen MR) is 94.8 cm³/mol. The number of carbonyl (C=O) groups is 1. The van der Waals surface area contributed by atoms with Crippen molar-refractivity contribution in [2.75, 3.05) is 31.5 Å². The predicted octanol–water partition coefficient (Wildman–Crippen LogP) is 2.85. The van der Waals surface area contributed by atoms with Crippen LogP contribution in [0.1, 0.15) is 43.2 Å². The molecule has 1 saturated carbocycles. The molecule has 0 aromatic heterocycles. The first kappa shape index (κ1) is 16.5. The van der Waals surface area contributed by atoms with E-state index in [1.807, 2.05) is 6.07 Å². The fraction of sp³-hybridized carbons (Fsp3) is 0.632. The second kappa shape index (κ2) is 7.02. The smallest absolute Gasteiger partial charge is 0.238 e. The minimum absolute atomic E-state index is 0.115. The van der Waals surface area contributed by atoms with Gasteiger partial charge in [-0.25, -0.2) is 0 Å². The third-order valence-corrected chi connectivity index (χ3v) is 5.46. The van der Waals surface area contributed by atoms with E-state index in [9.17, 15) is 4.79 Å². The molecule has 1 aliphatic carbocycles. The van der Waals surface area contributed by atoms with Gasteiger partial charge in [-0.3, -0.25) is 9.69 Å². The molecular formula is C19H29N3O. The Bertz CT molecular complexity index is 555. The van der Waals surface area contributed by atoms with Crippen molar-refractivity contribution < 1.29 is 4.79 Å². The van der Waals surface area contributed by atoms with Crippen LogP contribution in [0.3, 0.4) is 0 Å². The lowest BCUT2D eigenvalue weighted by atomic mass is 9.79. The number of aryl methyl sites for hydroxylation is 2. The Kier molecular flexibility index (Phi) is 5.02. The van der Waals surface area contributed by atoms with Gasteiger partial charge in [0.1, 0.15) is 0 Å². The lowest BCUT2D eigenvalue weighted by Crippen LogP contribution is -2.63. The zero-order chi connectivity index (χ0) is 16.3. The van der Waals surface area contributed by atoms with Gasteiger partial charge in [-0.2, -0.15) is 0 Å². The quantitative estimate of drug-likeness (QED) is 0.901. The average molecular weight is 315 g/mol. The Balaban J connectivity index is 1.65.